The average molecular weight is 354 g/mol. The van der Waals surface area contributed by atoms with Crippen LogP contribution in [0.2, 0.25) is 0 Å². The number of carbonyl (C=O) groups is 1. The molecule has 114 valence electrons. The van der Waals surface area contributed by atoms with E-state index in [1.54, 1.807) is 7.05 Å². The van der Waals surface area contributed by atoms with Gasteiger partial charge in [0.05, 0.1) is 16.8 Å². The molecule has 6 heteroatoms. The third-order valence-corrected chi connectivity index (χ3v) is 3.94. The van der Waals surface area contributed by atoms with E-state index in [1.807, 2.05) is 23.6 Å². The van der Waals surface area contributed by atoms with Gasteiger partial charge in [-0.05, 0) is 40.9 Å². The number of aryl methyl sites for hydroxylation is 2. The van der Waals surface area contributed by atoms with Crippen molar-refractivity contribution in [1.29, 1.82) is 0 Å². The highest BCUT2D eigenvalue weighted by Crippen LogP contribution is 2.24. The van der Waals surface area contributed by atoms with Crippen molar-refractivity contribution in [3.8, 4) is 0 Å². The van der Waals surface area contributed by atoms with Gasteiger partial charge in [-0.15, -0.1) is 0 Å². The first kappa shape index (κ1) is 16.0. The van der Waals surface area contributed by atoms with Crippen molar-refractivity contribution in [3.63, 3.8) is 0 Å². The van der Waals surface area contributed by atoms with E-state index in [0.29, 0.717) is 12.2 Å². The lowest BCUT2D eigenvalue weighted by Gasteiger charge is -2.16. The first-order valence-electron chi connectivity index (χ1n) is 7.03. The van der Waals surface area contributed by atoms with Crippen LogP contribution < -0.4 is 0 Å². The van der Waals surface area contributed by atoms with Crippen molar-refractivity contribution >= 4 is 27.5 Å². The molecule has 0 atom stereocenters. The van der Waals surface area contributed by atoms with E-state index in [0.717, 1.165) is 34.2 Å². The number of carbonyl (C=O) groups excluding carboxylic acids is 1. The summed E-state index contributed by atoms with van der Waals surface area (Å²) in [5.41, 5.74) is 3.20. The SMILES string of the molecule is CCCc1nc2c(Br)cc(C)cn2c1C(=O)N(C)CCO. The fraction of sp³-hybridized carbons (Fsp3) is 0.467. The standard InChI is InChI=1S/C15H20BrN3O2/c1-4-5-12-13(15(21)18(3)6-7-20)19-9-10(2)8-11(16)14(19)17-12/h8-9,20H,4-7H2,1-3H3. The van der Waals surface area contributed by atoms with Crippen LogP contribution in [0.25, 0.3) is 5.65 Å². The van der Waals surface area contributed by atoms with Crippen LogP contribution in [-0.2, 0) is 6.42 Å². The highest BCUT2D eigenvalue weighted by atomic mass is 79.9. The smallest absolute Gasteiger partial charge is 0.272 e. The van der Waals surface area contributed by atoms with Crippen molar-refractivity contribution in [2.75, 3.05) is 20.2 Å². The van der Waals surface area contributed by atoms with Crippen LogP contribution in [0.15, 0.2) is 16.7 Å². The van der Waals surface area contributed by atoms with Crippen molar-refractivity contribution in [2.45, 2.75) is 26.7 Å². The summed E-state index contributed by atoms with van der Waals surface area (Å²) in [6.07, 6.45) is 3.60. The van der Waals surface area contributed by atoms with Gasteiger partial charge < -0.3 is 10.0 Å². The predicted molar refractivity (Wildman–Crippen MR) is 85.7 cm³/mol. The third kappa shape index (κ3) is 3.11. The zero-order valence-electron chi connectivity index (χ0n) is 12.6. The molecule has 0 unspecified atom stereocenters. The maximum absolute atomic E-state index is 12.7. The monoisotopic (exact) mass is 353 g/mol. The van der Waals surface area contributed by atoms with Gasteiger partial charge in [-0.2, -0.15) is 0 Å². The molecule has 21 heavy (non-hydrogen) atoms. The van der Waals surface area contributed by atoms with E-state index in [1.165, 1.54) is 4.90 Å². The molecule has 0 saturated carbocycles. The van der Waals surface area contributed by atoms with Crippen molar-refractivity contribution in [3.05, 3.63) is 33.7 Å². The number of likely N-dealkylation sites (N-methyl/N-ethyl adjacent to an activating group) is 1. The number of aromatic nitrogens is 2. The molecule has 0 fully saturated rings. The molecule has 0 aromatic carbocycles. The van der Waals surface area contributed by atoms with Gasteiger partial charge in [0.15, 0.2) is 5.65 Å². The maximum atomic E-state index is 12.7. The number of hydrogen-bond donors (Lipinski definition) is 1. The molecule has 1 N–H and O–H groups in total. The molecular weight excluding hydrogens is 334 g/mol. The number of rotatable bonds is 5. The second-order valence-electron chi connectivity index (χ2n) is 5.17. The molecule has 2 aromatic rings. The summed E-state index contributed by atoms with van der Waals surface area (Å²) >= 11 is 3.51. The first-order chi connectivity index (χ1) is 9.99. The van der Waals surface area contributed by atoms with Gasteiger partial charge in [0.2, 0.25) is 0 Å². The topological polar surface area (TPSA) is 57.8 Å². The summed E-state index contributed by atoms with van der Waals surface area (Å²) in [4.78, 5) is 18.8. The Hall–Kier alpha value is -1.40. The lowest BCUT2D eigenvalue weighted by Crippen LogP contribution is -2.31. The van der Waals surface area contributed by atoms with Crippen LogP contribution in [0.1, 0.15) is 35.1 Å². The Morgan fingerprint density at radius 3 is 2.86 bits per heavy atom. The van der Waals surface area contributed by atoms with Crippen LogP contribution in [0, 0.1) is 6.92 Å². The minimum atomic E-state index is -0.113. The van der Waals surface area contributed by atoms with E-state index in [9.17, 15) is 4.79 Å². The van der Waals surface area contributed by atoms with Crippen LogP contribution in [0.3, 0.4) is 0 Å². The summed E-state index contributed by atoms with van der Waals surface area (Å²) in [5, 5.41) is 9.03. The summed E-state index contributed by atoms with van der Waals surface area (Å²) in [5.74, 6) is -0.113. The number of amides is 1. The van der Waals surface area contributed by atoms with Crippen LogP contribution in [-0.4, -0.2) is 45.5 Å². The third-order valence-electron chi connectivity index (χ3n) is 3.36. The van der Waals surface area contributed by atoms with Crippen LogP contribution in [0.5, 0.6) is 0 Å². The van der Waals surface area contributed by atoms with Gasteiger partial charge >= 0.3 is 0 Å². The summed E-state index contributed by atoms with van der Waals surface area (Å²) in [7, 11) is 1.69. The molecule has 0 saturated heterocycles. The van der Waals surface area contributed by atoms with Gasteiger partial charge in [-0.3, -0.25) is 9.20 Å². The number of halogens is 1. The molecule has 0 bridgehead atoms. The predicted octanol–water partition coefficient (Wildman–Crippen LogP) is 2.42. The molecule has 5 nitrogen and oxygen atoms in total. The number of aliphatic hydroxyl groups is 1. The van der Waals surface area contributed by atoms with Gasteiger partial charge in [-0.1, -0.05) is 13.3 Å². The lowest BCUT2D eigenvalue weighted by atomic mass is 10.2. The maximum Gasteiger partial charge on any atom is 0.272 e. The highest BCUT2D eigenvalue weighted by molar-refractivity contribution is 9.10. The van der Waals surface area contributed by atoms with E-state index < -0.39 is 0 Å². The van der Waals surface area contributed by atoms with Gasteiger partial charge in [0.25, 0.3) is 5.91 Å². The molecule has 0 radical (unpaired) electrons. The largest absolute Gasteiger partial charge is 0.395 e. The molecule has 2 heterocycles. The van der Waals surface area contributed by atoms with E-state index in [4.69, 9.17) is 5.11 Å². The number of fused-ring (bicyclic) bond motifs is 1. The van der Waals surface area contributed by atoms with E-state index in [2.05, 4.69) is 27.8 Å². The molecule has 1 amide bonds. The van der Waals surface area contributed by atoms with Crippen LogP contribution in [0.4, 0.5) is 0 Å². The number of nitrogens with zero attached hydrogens (tertiary/aromatic N) is 3. The Balaban J connectivity index is 2.63. The average Bonchev–Trinajstić information content (AvgIpc) is 2.77. The Bertz CT molecular complexity index is 666. The normalized spacial score (nSPS) is 11.1. The summed E-state index contributed by atoms with van der Waals surface area (Å²) < 4.78 is 2.73. The Morgan fingerprint density at radius 2 is 2.24 bits per heavy atom. The Morgan fingerprint density at radius 1 is 1.52 bits per heavy atom. The van der Waals surface area contributed by atoms with E-state index >= 15 is 0 Å². The minimum Gasteiger partial charge on any atom is -0.395 e. The molecule has 0 aliphatic carbocycles. The zero-order valence-corrected chi connectivity index (χ0v) is 14.1. The molecular formula is C15H20BrN3O2. The Labute approximate surface area is 132 Å². The van der Waals surface area contributed by atoms with E-state index in [-0.39, 0.29) is 12.5 Å². The van der Waals surface area contributed by atoms with Gasteiger partial charge in [-0.25, -0.2) is 4.98 Å². The molecule has 0 aliphatic heterocycles. The fourth-order valence-corrected chi connectivity index (χ4v) is 2.99. The summed E-state index contributed by atoms with van der Waals surface area (Å²) in [6, 6.07) is 1.99. The van der Waals surface area contributed by atoms with Crippen molar-refractivity contribution < 1.29 is 9.90 Å². The zero-order chi connectivity index (χ0) is 15.6. The van der Waals surface area contributed by atoms with Gasteiger partial charge in [0.1, 0.15) is 5.69 Å². The molecule has 2 rings (SSSR count). The van der Waals surface area contributed by atoms with Gasteiger partial charge in [0, 0.05) is 19.8 Å². The molecule has 2 aromatic heterocycles. The fourth-order valence-electron chi connectivity index (χ4n) is 2.35. The highest BCUT2D eigenvalue weighted by Gasteiger charge is 2.22. The Kier molecular flexibility index (Phi) is 5.00. The minimum absolute atomic E-state index is 0.0508. The quantitative estimate of drug-likeness (QED) is 0.897. The number of hydrogen-bond acceptors (Lipinski definition) is 3. The number of aliphatic hydroxyl groups excluding tert-OH is 1. The number of imidazole rings is 1. The van der Waals surface area contributed by atoms with Crippen molar-refractivity contribution in [1.82, 2.24) is 14.3 Å². The summed E-state index contributed by atoms with van der Waals surface area (Å²) in [6.45, 7) is 4.31. The molecule has 0 spiro atoms. The number of pyridine rings is 1. The second kappa shape index (κ2) is 6.58. The second-order valence-corrected chi connectivity index (χ2v) is 6.02. The lowest BCUT2D eigenvalue weighted by molar-refractivity contribution is 0.0759. The van der Waals surface area contributed by atoms with Crippen LogP contribution >= 0.6 is 15.9 Å². The van der Waals surface area contributed by atoms with Crippen molar-refractivity contribution in [2.24, 2.45) is 0 Å². The first-order valence-corrected chi connectivity index (χ1v) is 7.82. The molecule has 0 aliphatic rings.